The molecule has 1 aromatic carbocycles. The fourth-order valence-electron chi connectivity index (χ4n) is 3.32. The van der Waals surface area contributed by atoms with Crippen molar-refractivity contribution < 1.29 is 18.8 Å². The summed E-state index contributed by atoms with van der Waals surface area (Å²) in [5.41, 5.74) is 1.66. The molecule has 0 aromatic heterocycles. The van der Waals surface area contributed by atoms with Gasteiger partial charge in [0.1, 0.15) is 12.0 Å². The molecule has 0 bridgehead atoms. The molecule has 0 saturated carbocycles. The lowest BCUT2D eigenvalue weighted by molar-refractivity contribution is 0.00348. The molecule has 0 aliphatic carbocycles. The molecule has 0 amide bonds. The summed E-state index contributed by atoms with van der Waals surface area (Å²) in [5, 5.41) is 11.1. The molecule has 2 saturated heterocycles. The van der Waals surface area contributed by atoms with Crippen LogP contribution in [0.3, 0.4) is 0 Å². The van der Waals surface area contributed by atoms with Gasteiger partial charge in [-0.1, -0.05) is 12.1 Å². The van der Waals surface area contributed by atoms with Gasteiger partial charge in [0.25, 0.3) is 0 Å². The van der Waals surface area contributed by atoms with Crippen LogP contribution in [0.25, 0.3) is 5.57 Å². The molecule has 7 heteroatoms. The number of ether oxygens (including phenoxy) is 2. The molecule has 1 aromatic rings. The fraction of sp³-hybridized carbons (Fsp3) is 0.571. The van der Waals surface area contributed by atoms with E-state index in [1.165, 1.54) is 6.21 Å². The predicted molar refractivity (Wildman–Crippen MR) is 112 cm³/mol. The standard InChI is InChI=1S/C21H31BN2O4/c1-20(2)21(3,4)28-22(27-20)17-10-9-15(12-18(17)25-5)16(13-23)14-24-19-8-6-7-11-26-19/h9-10,12-14,19,23-24H,6-8,11H2,1-5H3/b16-14+,23-13?. The van der Waals surface area contributed by atoms with Crippen molar-refractivity contribution in [3.8, 4) is 5.75 Å². The third-order valence-electron chi connectivity index (χ3n) is 5.83. The molecule has 1 atom stereocenters. The Hall–Kier alpha value is -1.83. The van der Waals surface area contributed by atoms with Crippen LogP contribution in [0.4, 0.5) is 0 Å². The third-order valence-corrected chi connectivity index (χ3v) is 5.83. The first-order valence-corrected chi connectivity index (χ1v) is 9.89. The van der Waals surface area contributed by atoms with Crippen LogP contribution < -0.4 is 15.5 Å². The van der Waals surface area contributed by atoms with Crippen LogP contribution in [0, 0.1) is 5.41 Å². The summed E-state index contributed by atoms with van der Waals surface area (Å²) in [6.07, 6.45) is 6.42. The first kappa shape index (κ1) is 20.9. The topological polar surface area (TPSA) is 72.8 Å². The lowest BCUT2D eigenvalue weighted by Crippen LogP contribution is -2.41. The zero-order valence-electron chi connectivity index (χ0n) is 17.5. The van der Waals surface area contributed by atoms with Crippen LogP contribution in [0.1, 0.15) is 52.5 Å². The van der Waals surface area contributed by atoms with Gasteiger partial charge in [-0.3, -0.25) is 0 Å². The van der Waals surface area contributed by atoms with E-state index >= 15 is 0 Å². The van der Waals surface area contributed by atoms with Crippen LogP contribution in [-0.2, 0) is 14.0 Å². The molecule has 2 N–H and O–H groups in total. The lowest BCUT2D eigenvalue weighted by atomic mass is 9.77. The molecular weight excluding hydrogens is 355 g/mol. The Kier molecular flexibility index (Phi) is 6.17. The highest BCUT2D eigenvalue weighted by atomic mass is 16.7. The Bertz CT molecular complexity index is 726. The minimum atomic E-state index is -0.491. The van der Waals surface area contributed by atoms with E-state index in [2.05, 4.69) is 5.32 Å². The van der Waals surface area contributed by atoms with Crippen molar-refractivity contribution >= 4 is 24.4 Å². The zero-order valence-corrected chi connectivity index (χ0v) is 17.5. The smallest absolute Gasteiger partial charge is 0.497 e. The number of hydrogen-bond donors (Lipinski definition) is 2. The summed E-state index contributed by atoms with van der Waals surface area (Å²) in [4.78, 5) is 0. The molecule has 2 fully saturated rings. The maximum atomic E-state index is 7.80. The Morgan fingerprint density at radius 1 is 1.21 bits per heavy atom. The minimum absolute atomic E-state index is 0.00891. The van der Waals surface area contributed by atoms with Crippen LogP contribution >= 0.6 is 0 Å². The van der Waals surface area contributed by atoms with E-state index in [0.717, 1.165) is 42.5 Å². The van der Waals surface area contributed by atoms with Gasteiger partial charge in [-0.15, -0.1) is 0 Å². The van der Waals surface area contributed by atoms with E-state index in [-0.39, 0.29) is 6.23 Å². The SMILES string of the molecule is COc1cc(/C(C=N)=C/NC2CCCCO2)ccc1B1OC(C)(C)C(C)(C)O1. The molecule has 1 unspecified atom stereocenters. The van der Waals surface area contributed by atoms with Crippen molar-refractivity contribution in [2.75, 3.05) is 13.7 Å². The zero-order chi connectivity index (χ0) is 20.4. The second kappa shape index (κ2) is 8.27. The third kappa shape index (κ3) is 4.26. The molecule has 28 heavy (non-hydrogen) atoms. The van der Waals surface area contributed by atoms with E-state index < -0.39 is 18.3 Å². The minimum Gasteiger partial charge on any atom is -0.497 e. The summed E-state index contributed by atoms with van der Waals surface area (Å²) in [6, 6.07) is 5.83. The summed E-state index contributed by atoms with van der Waals surface area (Å²) in [6.45, 7) is 8.90. The van der Waals surface area contributed by atoms with Gasteiger partial charge < -0.3 is 29.5 Å². The van der Waals surface area contributed by atoms with Crippen molar-refractivity contribution in [3.63, 3.8) is 0 Å². The lowest BCUT2D eigenvalue weighted by Gasteiger charge is -2.32. The molecule has 152 valence electrons. The molecule has 2 heterocycles. The summed E-state index contributed by atoms with van der Waals surface area (Å²) < 4.78 is 23.6. The van der Waals surface area contributed by atoms with Crippen LogP contribution in [-0.4, -0.2) is 44.5 Å². The van der Waals surface area contributed by atoms with Crippen molar-refractivity contribution in [2.45, 2.75) is 64.4 Å². The number of nitrogens with one attached hydrogen (secondary N) is 2. The molecule has 3 rings (SSSR count). The number of benzene rings is 1. The second-order valence-electron chi connectivity index (χ2n) is 8.31. The first-order chi connectivity index (χ1) is 13.3. The summed E-state index contributed by atoms with van der Waals surface area (Å²) >= 11 is 0. The highest BCUT2D eigenvalue weighted by Gasteiger charge is 2.52. The Labute approximate surface area is 168 Å². The molecule has 2 aliphatic rings. The molecule has 0 radical (unpaired) electrons. The van der Waals surface area contributed by atoms with Crippen molar-refractivity contribution in [1.29, 1.82) is 5.41 Å². The van der Waals surface area contributed by atoms with E-state index in [1.807, 2.05) is 52.1 Å². The number of allylic oxidation sites excluding steroid dienone is 1. The molecule has 2 aliphatic heterocycles. The highest BCUT2D eigenvalue weighted by Crippen LogP contribution is 2.37. The van der Waals surface area contributed by atoms with E-state index in [4.69, 9.17) is 24.2 Å². The maximum Gasteiger partial charge on any atom is 0.498 e. The molecule has 6 nitrogen and oxygen atoms in total. The number of hydrogen-bond acceptors (Lipinski definition) is 6. The maximum absolute atomic E-state index is 7.80. The van der Waals surface area contributed by atoms with Crippen LogP contribution in [0.15, 0.2) is 24.4 Å². The van der Waals surface area contributed by atoms with E-state index in [0.29, 0.717) is 5.75 Å². The van der Waals surface area contributed by atoms with Gasteiger partial charge in [0, 0.05) is 30.1 Å². The van der Waals surface area contributed by atoms with Gasteiger partial charge >= 0.3 is 7.12 Å². The number of rotatable bonds is 6. The van der Waals surface area contributed by atoms with Crippen LogP contribution in [0.5, 0.6) is 5.75 Å². The molecule has 0 spiro atoms. The van der Waals surface area contributed by atoms with Crippen LogP contribution in [0.2, 0.25) is 0 Å². The Morgan fingerprint density at radius 3 is 2.50 bits per heavy atom. The predicted octanol–water partition coefficient (Wildman–Crippen LogP) is 3.10. The van der Waals surface area contributed by atoms with Crippen molar-refractivity contribution in [2.24, 2.45) is 0 Å². The largest absolute Gasteiger partial charge is 0.498 e. The summed E-state index contributed by atoms with van der Waals surface area (Å²) in [7, 11) is 1.14. The average molecular weight is 386 g/mol. The quantitative estimate of drug-likeness (QED) is 0.581. The van der Waals surface area contributed by atoms with Gasteiger partial charge in [-0.25, -0.2) is 0 Å². The monoisotopic (exact) mass is 386 g/mol. The highest BCUT2D eigenvalue weighted by molar-refractivity contribution is 6.63. The van der Waals surface area contributed by atoms with Gasteiger partial charge in [-0.2, -0.15) is 0 Å². The normalized spacial score (nSPS) is 24.1. The van der Waals surface area contributed by atoms with Gasteiger partial charge in [0.2, 0.25) is 0 Å². The van der Waals surface area contributed by atoms with Crippen molar-refractivity contribution in [3.05, 3.63) is 30.0 Å². The van der Waals surface area contributed by atoms with Crippen molar-refractivity contribution in [1.82, 2.24) is 5.32 Å². The second-order valence-corrected chi connectivity index (χ2v) is 8.31. The van der Waals surface area contributed by atoms with Gasteiger partial charge in [0.15, 0.2) is 0 Å². The van der Waals surface area contributed by atoms with E-state index in [1.54, 1.807) is 7.11 Å². The van der Waals surface area contributed by atoms with Gasteiger partial charge in [-0.05, 0) is 58.6 Å². The Morgan fingerprint density at radius 2 is 1.93 bits per heavy atom. The van der Waals surface area contributed by atoms with E-state index in [9.17, 15) is 0 Å². The summed E-state index contributed by atoms with van der Waals surface area (Å²) in [5.74, 6) is 0.678. The Balaban J connectivity index is 1.81. The fourth-order valence-corrected chi connectivity index (χ4v) is 3.32. The number of methoxy groups -OCH3 is 1. The first-order valence-electron chi connectivity index (χ1n) is 9.89. The average Bonchev–Trinajstić information content (AvgIpc) is 2.90. The van der Waals surface area contributed by atoms with Gasteiger partial charge in [0.05, 0.1) is 18.3 Å². The molecular formula is C21H31BN2O4.